The second-order valence-corrected chi connectivity index (χ2v) is 5.48. The fourth-order valence-corrected chi connectivity index (χ4v) is 1.78. The molecule has 106 valence electrons. The summed E-state index contributed by atoms with van der Waals surface area (Å²) in [5.41, 5.74) is -0.657. The topological polar surface area (TPSA) is 50.4 Å². The summed E-state index contributed by atoms with van der Waals surface area (Å²) in [7, 11) is 0. The molecule has 1 fully saturated rings. The van der Waals surface area contributed by atoms with Crippen molar-refractivity contribution in [3.05, 3.63) is 0 Å². The summed E-state index contributed by atoms with van der Waals surface area (Å²) in [5, 5.41) is 5.12. The van der Waals surface area contributed by atoms with Crippen molar-refractivity contribution in [2.45, 2.75) is 45.0 Å². The summed E-state index contributed by atoms with van der Waals surface area (Å²) in [6.45, 7) is 5.32. The number of piperidine rings is 1. The van der Waals surface area contributed by atoms with E-state index in [4.69, 9.17) is 4.74 Å². The summed E-state index contributed by atoms with van der Waals surface area (Å²) in [6.07, 6.45) is -5.03. The Morgan fingerprint density at radius 1 is 1.28 bits per heavy atom. The van der Waals surface area contributed by atoms with Gasteiger partial charge in [0.25, 0.3) is 0 Å². The van der Waals surface area contributed by atoms with E-state index in [-0.39, 0.29) is 13.0 Å². The lowest BCUT2D eigenvalue weighted by Crippen LogP contribution is -2.52. The number of ether oxygens (including phenoxy) is 1. The Hall–Kier alpha value is -0.980. The standard InChI is InChI=1S/C11H19F3N2O2/c1-10(2,3)18-9(17)16-8-4-7(5-15-6-8)11(12,13)14/h7-8,15H,4-6H2,1-3H3,(H,16,17)/t7-,8?/m1/s1. The fourth-order valence-electron chi connectivity index (χ4n) is 1.78. The van der Waals surface area contributed by atoms with Crippen LogP contribution in [-0.4, -0.2) is 37.0 Å². The third-order valence-electron chi connectivity index (χ3n) is 2.53. The first-order valence-electron chi connectivity index (χ1n) is 5.85. The quantitative estimate of drug-likeness (QED) is 0.765. The van der Waals surface area contributed by atoms with Crippen LogP contribution in [0, 0.1) is 5.92 Å². The largest absolute Gasteiger partial charge is 0.444 e. The summed E-state index contributed by atoms with van der Waals surface area (Å²) in [6, 6.07) is -0.555. The Morgan fingerprint density at radius 2 is 1.89 bits per heavy atom. The number of carbonyl (C=O) groups excluding carboxylic acids is 1. The first-order chi connectivity index (χ1) is 8.08. The molecule has 0 aromatic rings. The predicted molar refractivity (Wildman–Crippen MR) is 60.2 cm³/mol. The van der Waals surface area contributed by atoms with E-state index in [1.54, 1.807) is 20.8 Å². The lowest BCUT2D eigenvalue weighted by molar-refractivity contribution is -0.179. The highest BCUT2D eigenvalue weighted by Gasteiger charge is 2.42. The molecule has 0 radical (unpaired) electrons. The minimum atomic E-state index is -4.23. The van der Waals surface area contributed by atoms with Gasteiger partial charge >= 0.3 is 12.3 Å². The Bertz CT molecular complexity index is 300. The number of nitrogens with one attached hydrogen (secondary N) is 2. The van der Waals surface area contributed by atoms with Crippen LogP contribution < -0.4 is 10.6 Å². The molecular formula is C11H19F3N2O2. The van der Waals surface area contributed by atoms with Crippen LogP contribution >= 0.6 is 0 Å². The molecule has 1 aliphatic heterocycles. The minimum Gasteiger partial charge on any atom is -0.444 e. The summed E-state index contributed by atoms with van der Waals surface area (Å²) in [4.78, 5) is 11.4. The van der Waals surface area contributed by atoms with Crippen LogP contribution in [0.2, 0.25) is 0 Å². The number of carbonyl (C=O) groups is 1. The monoisotopic (exact) mass is 268 g/mol. The maximum absolute atomic E-state index is 12.5. The van der Waals surface area contributed by atoms with Crippen LogP contribution in [0.3, 0.4) is 0 Å². The van der Waals surface area contributed by atoms with Gasteiger partial charge in [0.1, 0.15) is 5.60 Å². The average molecular weight is 268 g/mol. The Balaban J connectivity index is 2.46. The molecule has 4 nitrogen and oxygen atoms in total. The number of hydrogen-bond donors (Lipinski definition) is 2. The molecule has 2 N–H and O–H groups in total. The lowest BCUT2D eigenvalue weighted by atomic mass is 9.95. The van der Waals surface area contributed by atoms with Crippen molar-refractivity contribution in [3.8, 4) is 0 Å². The maximum Gasteiger partial charge on any atom is 0.407 e. The van der Waals surface area contributed by atoms with Gasteiger partial charge in [-0.2, -0.15) is 13.2 Å². The second kappa shape index (κ2) is 5.34. The SMILES string of the molecule is CC(C)(C)OC(=O)NC1CNC[C@H](C(F)(F)F)C1. The molecule has 0 bridgehead atoms. The molecule has 1 heterocycles. The van der Waals surface area contributed by atoms with Crippen LogP contribution in [0.4, 0.5) is 18.0 Å². The van der Waals surface area contributed by atoms with E-state index >= 15 is 0 Å². The highest BCUT2D eigenvalue weighted by Crippen LogP contribution is 2.30. The first kappa shape index (κ1) is 15.1. The van der Waals surface area contributed by atoms with Gasteiger partial charge in [-0.3, -0.25) is 0 Å². The molecule has 0 aromatic heterocycles. The van der Waals surface area contributed by atoms with Gasteiger partial charge in [-0.1, -0.05) is 0 Å². The Labute approximate surface area is 104 Å². The molecule has 1 amide bonds. The molecular weight excluding hydrogens is 249 g/mol. The Morgan fingerprint density at radius 3 is 2.39 bits per heavy atom. The fraction of sp³-hybridized carbons (Fsp3) is 0.909. The van der Waals surface area contributed by atoms with Crippen LogP contribution in [0.1, 0.15) is 27.2 Å². The van der Waals surface area contributed by atoms with Crippen molar-refractivity contribution in [2.75, 3.05) is 13.1 Å². The van der Waals surface area contributed by atoms with Gasteiger partial charge in [-0.05, 0) is 27.2 Å². The van der Waals surface area contributed by atoms with Gasteiger partial charge in [0, 0.05) is 19.1 Å². The Kier molecular flexibility index (Phi) is 4.47. The number of alkyl carbamates (subject to hydrolysis) is 1. The number of alkyl halides is 3. The number of amides is 1. The molecule has 1 rings (SSSR count). The molecule has 0 saturated carbocycles. The van der Waals surface area contributed by atoms with Gasteiger partial charge in [-0.15, -0.1) is 0 Å². The van der Waals surface area contributed by atoms with Crippen molar-refractivity contribution < 1.29 is 22.7 Å². The zero-order valence-electron chi connectivity index (χ0n) is 10.7. The normalized spacial score (nSPS) is 25.7. The number of hydrogen-bond acceptors (Lipinski definition) is 3. The molecule has 0 aromatic carbocycles. The van der Waals surface area contributed by atoms with E-state index in [2.05, 4.69) is 10.6 Å². The van der Waals surface area contributed by atoms with Crippen molar-refractivity contribution >= 4 is 6.09 Å². The molecule has 18 heavy (non-hydrogen) atoms. The van der Waals surface area contributed by atoms with Gasteiger partial charge in [0.2, 0.25) is 0 Å². The summed E-state index contributed by atoms with van der Waals surface area (Å²) < 4.78 is 42.6. The zero-order chi connectivity index (χ0) is 14.0. The molecule has 7 heteroatoms. The van der Waals surface area contributed by atoms with E-state index in [1.807, 2.05) is 0 Å². The van der Waals surface area contributed by atoms with Crippen LogP contribution in [0.25, 0.3) is 0 Å². The lowest BCUT2D eigenvalue weighted by Gasteiger charge is -2.32. The highest BCUT2D eigenvalue weighted by molar-refractivity contribution is 5.68. The van der Waals surface area contributed by atoms with Crippen molar-refractivity contribution in [3.63, 3.8) is 0 Å². The van der Waals surface area contributed by atoms with Gasteiger partial charge < -0.3 is 15.4 Å². The third-order valence-corrected chi connectivity index (χ3v) is 2.53. The average Bonchev–Trinajstić information content (AvgIpc) is 2.13. The number of rotatable bonds is 1. The number of halogens is 3. The van der Waals surface area contributed by atoms with E-state index in [1.165, 1.54) is 0 Å². The van der Waals surface area contributed by atoms with Crippen LogP contribution in [0.15, 0.2) is 0 Å². The molecule has 1 unspecified atom stereocenters. The minimum absolute atomic E-state index is 0.101. The van der Waals surface area contributed by atoms with Gasteiger partial charge in [0.15, 0.2) is 0 Å². The van der Waals surface area contributed by atoms with Gasteiger partial charge in [0.05, 0.1) is 5.92 Å². The van der Waals surface area contributed by atoms with Crippen LogP contribution in [0.5, 0.6) is 0 Å². The molecule has 1 aliphatic rings. The van der Waals surface area contributed by atoms with Crippen molar-refractivity contribution in [1.29, 1.82) is 0 Å². The first-order valence-corrected chi connectivity index (χ1v) is 5.85. The molecule has 0 spiro atoms. The molecule has 0 aliphatic carbocycles. The maximum atomic E-state index is 12.5. The molecule has 2 atom stereocenters. The zero-order valence-corrected chi connectivity index (χ0v) is 10.7. The summed E-state index contributed by atoms with van der Waals surface area (Å²) in [5.74, 6) is -1.42. The smallest absolute Gasteiger partial charge is 0.407 e. The van der Waals surface area contributed by atoms with E-state index < -0.39 is 29.8 Å². The van der Waals surface area contributed by atoms with E-state index in [0.29, 0.717) is 6.54 Å². The predicted octanol–water partition coefficient (Wildman–Crippen LogP) is 2.05. The molecule has 1 saturated heterocycles. The van der Waals surface area contributed by atoms with Crippen molar-refractivity contribution in [2.24, 2.45) is 5.92 Å². The van der Waals surface area contributed by atoms with E-state index in [9.17, 15) is 18.0 Å². The van der Waals surface area contributed by atoms with Crippen molar-refractivity contribution in [1.82, 2.24) is 10.6 Å². The van der Waals surface area contributed by atoms with Crippen LogP contribution in [-0.2, 0) is 4.74 Å². The second-order valence-electron chi connectivity index (χ2n) is 5.48. The van der Waals surface area contributed by atoms with Gasteiger partial charge in [-0.25, -0.2) is 4.79 Å². The third kappa shape index (κ3) is 5.12. The highest BCUT2D eigenvalue weighted by atomic mass is 19.4. The van der Waals surface area contributed by atoms with E-state index in [0.717, 1.165) is 0 Å². The summed E-state index contributed by atoms with van der Waals surface area (Å²) >= 11 is 0.